The van der Waals surface area contributed by atoms with Crippen LogP contribution in [0.5, 0.6) is 5.75 Å². The molecule has 0 saturated heterocycles. The number of rotatable bonds is 5. The van der Waals surface area contributed by atoms with Crippen LogP contribution in [0.4, 0.5) is 0 Å². The van der Waals surface area contributed by atoms with Gasteiger partial charge in [-0.2, -0.15) is 0 Å². The van der Waals surface area contributed by atoms with Crippen molar-refractivity contribution in [3.05, 3.63) is 39.9 Å². The van der Waals surface area contributed by atoms with Gasteiger partial charge in [-0.05, 0) is 37.1 Å². The summed E-state index contributed by atoms with van der Waals surface area (Å²) in [6.45, 7) is 2.83. The molecule has 1 N–H and O–H groups in total. The summed E-state index contributed by atoms with van der Waals surface area (Å²) in [4.78, 5) is 0. The number of phenols is 1. The molecule has 0 radical (unpaired) electrons. The molecule has 1 rings (SSSR count). The normalized spacial score (nSPS) is 11.2. The Bertz CT molecular complexity index is 444. The summed E-state index contributed by atoms with van der Waals surface area (Å²) in [6, 6.07) is 5.39. The maximum Gasteiger partial charge on any atom is 0.119 e. The number of aromatic hydroxyl groups is 1. The number of allylic oxidation sites excluding steroid dienone is 1. The lowest BCUT2D eigenvalue weighted by Crippen LogP contribution is -1.96. The van der Waals surface area contributed by atoms with E-state index in [4.69, 9.17) is 11.2 Å². The van der Waals surface area contributed by atoms with Gasteiger partial charge >= 0.3 is 0 Å². The zero-order valence-corrected chi connectivity index (χ0v) is 11.3. The van der Waals surface area contributed by atoms with E-state index >= 15 is 0 Å². The third-order valence-electron chi connectivity index (χ3n) is 2.23. The first kappa shape index (κ1) is 13.8. The Hall–Kier alpha value is -1.24. The van der Waals surface area contributed by atoms with Crippen molar-refractivity contribution in [2.75, 3.05) is 13.2 Å². The molecule has 0 unspecified atom stereocenters. The lowest BCUT2D eigenvalue weighted by Gasteiger charge is -2.04. The van der Waals surface area contributed by atoms with Gasteiger partial charge in [-0.15, -0.1) is 6.42 Å². The van der Waals surface area contributed by atoms with Crippen molar-refractivity contribution in [1.82, 2.24) is 0 Å². The van der Waals surface area contributed by atoms with Gasteiger partial charge in [0.15, 0.2) is 0 Å². The van der Waals surface area contributed by atoms with Gasteiger partial charge in [-0.1, -0.05) is 33.5 Å². The average molecular weight is 295 g/mol. The van der Waals surface area contributed by atoms with Crippen molar-refractivity contribution in [2.45, 2.75) is 13.3 Å². The number of benzene rings is 1. The molecule has 0 atom stereocenters. The van der Waals surface area contributed by atoms with Gasteiger partial charge in [-0.3, -0.25) is 0 Å². The quantitative estimate of drug-likeness (QED) is 0.513. The summed E-state index contributed by atoms with van der Waals surface area (Å²) in [5.74, 6) is 2.73. The summed E-state index contributed by atoms with van der Waals surface area (Å²) in [6.07, 6.45) is 7.79. The van der Waals surface area contributed by atoms with Gasteiger partial charge in [0.1, 0.15) is 12.4 Å². The summed E-state index contributed by atoms with van der Waals surface area (Å²) in [5.41, 5.74) is 1.98. The number of phenolic OH excluding ortho intramolecular Hbond substituents is 1. The fourth-order valence-corrected chi connectivity index (χ4v) is 1.74. The molecule has 2 nitrogen and oxygen atoms in total. The van der Waals surface area contributed by atoms with E-state index in [1.165, 1.54) is 0 Å². The molecule has 3 heteroatoms. The Morgan fingerprint density at radius 3 is 3.06 bits per heavy atom. The highest BCUT2D eigenvalue weighted by Gasteiger charge is 2.00. The molecule has 0 aliphatic heterocycles. The van der Waals surface area contributed by atoms with Crippen LogP contribution in [0.25, 0.3) is 0 Å². The van der Waals surface area contributed by atoms with Crippen molar-refractivity contribution in [3.63, 3.8) is 0 Å². The van der Waals surface area contributed by atoms with Crippen molar-refractivity contribution in [3.8, 4) is 18.1 Å². The first-order valence-electron chi connectivity index (χ1n) is 5.27. The van der Waals surface area contributed by atoms with Crippen LogP contribution in [0.1, 0.15) is 12.5 Å². The third kappa shape index (κ3) is 5.08. The van der Waals surface area contributed by atoms with E-state index in [2.05, 4.69) is 21.9 Å². The van der Waals surface area contributed by atoms with Crippen molar-refractivity contribution in [2.24, 2.45) is 0 Å². The molecule has 0 fully saturated rings. The lowest BCUT2D eigenvalue weighted by molar-refractivity contribution is 0.192. The van der Waals surface area contributed by atoms with Crippen molar-refractivity contribution >= 4 is 15.9 Å². The summed E-state index contributed by atoms with van der Waals surface area (Å²) < 4.78 is 6.17. The van der Waals surface area contributed by atoms with Gasteiger partial charge in [0.25, 0.3) is 0 Å². The Labute approximate surface area is 110 Å². The topological polar surface area (TPSA) is 29.5 Å². The van der Waals surface area contributed by atoms with E-state index in [1.54, 1.807) is 6.07 Å². The predicted molar refractivity (Wildman–Crippen MR) is 72.9 cm³/mol. The molecule has 17 heavy (non-hydrogen) atoms. The van der Waals surface area contributed by atoms with Crippen molar-refractivity contribution in [1.29, 1.82) is 0 Å². The molecule has 0 saturated carbocycles. The van der Waals surface area contributed by atoms with E-state index in [0.717, 1.165) is 15.6 Å². The largest absolute Gasteiger partial charge is 0.508 e. The SMILES string of the molecule is C#CCOCC(C)=CCc1cc(Br)ccc1O. The molecule has 0 aromatic heterocycles. The Balaban J connectivity index is 2.57. The minimum atomic E-state index is 0.307. The Morgan fingerprint density at radius 2 is 2.35 bits per heavy atom. The standard InChI is InChI=1S/C14H15BrO2/c1-3-8-17-10-11(2)4-5-12-9-13(15)6-7-14(12)16/h1,4,6-7,9,16H,5,8,10H2,2H3. The van der Waals surface area contributed by atoms with Crippen LogP contribution in [0.15, 0.2) is 34.3 Å². The van der Waals surface area contributed by atoms with Crippen molar-refractivity contribution < 1.29 is 9.84 Å². The maximum absolute atomic E-state index is 9.65. The van der Waals surface area contributed by atoms with Gasteiger partial charge in [0.2, 0.25) is 0 Å². The summed E-state index contributed by atoms with van der Waals surface area (Å²) in [7, 11) is 0. The van der Waals surface area contributed by atoms with Crippen LogP contribution in [-0.4, -0.2) is 18.3 Å². The maximum atomic E-state index is 9.65. The third-order valence-corrected chi connectivity index (χ3v) is 2.72. The fourth-order valence-electron chi connectivity index (χ4n) is 1.33. The molecule has 1 aromatic rings. The van der Waals surface area contributed by atoms with E-state index < -0.39 is 0 Å². The Morgan fingerprint density at radius 1 is 1.59 bits per heavy atom. The zero-order valence-electron chi connectivity index (χ0n) is 9.74. The lowest BCUT2D eigenvalue weighted by atomic mass is 10.1. The minimum absolute atomic E-state index is 0.307. The summed E-state index contributed by atoms with van der Waals surface area (Å²) >= 11 is 3.38. The molecule has 0 amide bonds. The van der Waals surface area contributed by atoms with Crippen LogP contribution >= 0.6 is 15.9 Å². The highest BCUT2D eigenvalue weighted by atomic mass is 79.9. The van der Waals surface area contributed by atoms with E-state index in [1.807, 2.05) is 25.1 Å². The van der Waals surface area contributed by atoms with Gasteiger partial charge < -0.3 is 9.84 Å². The van der Waals surface area contributed by atoms with Crippen LogP contribution < -0.4 is 0 Å². The number of hydrogen-bond acceptors (Lipinski definition) is 2. The van der Waals surface area contributed by atoms with Gasteiger partial charge in [-0.25, -0.2) is 0 Å². The molecule has 0 aliphatic carbocycles. The molecule has 0 heterocycles. The van der Waals surface area contributed by atoms with Crippen LogP contribution in [-0.2, 0) is 11.2 Å². The van der Waals surface area contributed by atoms with Crippen LogP contribution in [0, 0.1) is 12.3 Å². The van der Waals surface area contributed by atoms with Gasteiger partial charge in [0.05, 0.1) is 6.61 Å². The monoisotopic (exact) mass is 294 g/mol. The van der Waals surface area contributed by atoms with Crippen LogP contribution in [0.2, 0.25) is 0 Å². The second kappa shape index (κ2) is 7.16. The number of hydrogen-bond donors (Lipinski definition) is 1. The minimum Gasteiger partial charge on any atom is -0.508 e. The Kier molecular flexibility index (Phi) is 5.82. The predicted octanol–water partition coefficient (Wildman–Crippen LogP) is 3.29. The smallest absolute Gasteiger partial charge is 0.119 e. The second-order valence-electron chi connectivity index (χ2n) is 3.72. The van der Waals surface area contributed by atoms with E-state index in [0.29, 0.717) is 25.4 Å². The number of ether oxygens (including phenoxy) is 1. The number of terminal acetylenes is 1. The average Bonchev–Trinajstić information content (AvgIpc) is 2.31. The molecule has 1 aromatic carbocycles. The molecular weight excluding hydrogens is 280 g/mol. The van der Waals surface area contributed by atoms with E-state index in [-0.39, 0.29) is 0 Å². The highest BCUT2D eigenvalue weighted by Crippen LogP contribution is 2.22. The summed E-state index contributed by atoms with van der Waals surface area (Å²) in [5, 5.41) is 9.65. The van der Waals surface area contributed by atoms with Crippen LogP contribution in [0.3, 0.4) is 0 Å². The molecule has 0 bridgehead atoms. The molecular formula is C14H15BrO2. The zero-order chi connectivity index (χ0) is 12.7. The first-order valence-corrected chi connectivity index (χ1v) is 6.07. The molecule has 0 aliphatic rings. The number of halogens is 1. The highest BCUT2D eigenvalue weighted by molar-refractivity contribution is 9.10. The van der Waals surface area contributed by atoms with E-state index in [9.17, 15) is 5.11 Å². The molecule has 90 valence electrons. The van der Waals surface area contributed by atoms with Gasteiger partial charge in [0, 0.05) is 4.47 Å². The first-order chi connectivity index (χ1) is 8.13. The molecule has 0 spiro atoms. The second-order valence-corrected chi connectivity index (χ2v) is 4.64. The fraction of sp³-hybridized carbons (Fsp3) is 0.286.